The molecule has 1 amide bonds. The fourth-order valence-corrected chi connectivity index (χ4v) is 3.90. The second-order valence-corrected chi connectivity index (χ2v) is 7.37. The molecule has 4 heterocycles. The topological polar surface area (TPSA) is 75.9 Å². The standard InChI is InChI=1S/C19H20N6O/c1-11(26)22-18-5-12-4-16(15-6-21-24(2)8-15)19(23-17(12)7-20-18)25-9-13-3-14(13)10-25/h4-8,13-14H,3,9-10H2,1-2H3,(H,20,22,26). The lowest BCUT2D eigenvalue weighted by Crippen LogP contribution is -2.23. The third-order valence-electron chi connectivity index (χ3n) is 5.28. The van der Waals surface area contributed by atoms with E-state index >= 15 is 0 Å². The van der Waals surface area contributed by atoms with Gasteiger partial charge < -0.3 is 10.2 Å². The van der Waals surface area contributed by atoms with Gasteiger partial charge >= 0.3 is 0 Å². The van der Waals surface area contributed by atoms with Crippen LogP contribution in [0, 0.1) is 11.8 Å². The average molecular weight is 348 g/mol. The maximum Gasteiger partial charge on any atom is 0.222 e. The molecule has 1 aliphatic carbocycles. The van der Waals surface area contributed by atoms with E-state index in [1.54, 1.807) is 10.9 Å². The first-order valence-corrected chi connectivity index (χ1v) is 8.89. The van der Waals surface area contributed by atoms with E-state index < -0.39 is 0 Å². The molecule has 1 N–H and O–H groups in total. The Morgan fingerprint density at radius 3 is 2.73 bits per heavy atom. The number of anilines is 2. The first kappa shape index (κ1) is 15.3. The van der Waals surface area contributed by atoms with Crippen molar-refractivity contribution in [1.82, 2.24) is 19.7 Å². The van der Waals surface area contributed by atoms with E-state index in [-0.39, 0.29) is 5.91 Å². The molecule has 7 nitrogen and oxygen atoms in total. The molecule has 0 bridgehead atoms. The first-order chi connectivity index (χ1) is 12.6. The van der Waals surface area contributed by atoms with E-state index in [2.05, 4.69) is 26.4 Å². The number of fused-ring (bicyclic) bond motifs is 2. The summed E-state index contributed by atoms with van der Waals surface area (Å²) in [4.78, 5) is 23.0. The molecule has 2 aliphatic rings. The van der Waals surface area contributed by atoms with Gasteiger partial charge in [0, 0.05) is 49.8 Å². The maximum atomic E-state index is 11.3. The highest BCUT2D eigenvalue weighted by Gasteiger charge is 2.45. The summed E-state index contributed by atoms with van der Waals surface area (Å²) in [5.74, 6) is 3.07. The molecular weight excluding hydrogens is 328 g/mol. The number of nitrogens with one attached hydrogen (secondary N) is 1. The molecule has 2 unspecified atom stereocenters. The van der Waals surface area contributed by atoms with Gasteiger partial charge in [0.15, 0.2) is 0 Å². The van der Waals surface area contributed by atoms with Crippen LogP contribution in [0.3, 0.4) is 0 Å². The highest BCUT2D eigenvalue weighted by molar-refractivity contribution is 5.93. The fraction of sp³-hybridized carbons (Fsp3) is 0.368. The molecule has 2 atom stereocenters. The molecule has 132 valence electrons. The molecule has 0 aromatic carbocycles. The molecule has 7 heteroatoms. The summed E-state index contributed by atoms with van der Waals surface area (Å²) in [7, 11) is 1.92. The van der Waals surface area contributed by atoms with Crippen molar-refractivity contribution in [3.63, 3.8) is 0 Å². The molecule has 2 fully saturated rings. The number of carbonyl (C=O) groups is 1. The number of aromatic nitrogens is 4. The molecule has 1 saturated heterocycles. The number of hydrogen-bond acceptors (Lipinski definition) is 5. The zero-order valence-corrected chi connectivity index (χ0v) is 14.8. The molecule has 26 heavy (non-hydrogen) atoms. The fourth-order valence-electron chi connectivity index (χ4n) is 3.90. The molecule has 1 saturated carbocycles. The number of pyridine rings is 2. The van der Waals surface area contributed by atoms with Gasteiger partial charge in [-0.25, -0.2) is 9.97 Å². The van der Waals surface area contributed by atoms with Gasteiger partial charge in [-0.15, -0.1) is 0 Å². The van der Waals surface area contributed by atoms with Crippen molar-refractivity contribution in [1.29, 1.82) is 0 Å². The predicted molar refractivity (Wildman–Crippen MR) is 99.9 cm³/mol. The normalized spacial score (nSPS) is 21.1. The second-order valence-electron chi connectivity index (χ2n) is 7.37. The van der Waals surface area contributed by atoms with Crippen LogP contribution < -0.4 is 10.2 Å². The Kier molecular flexibility index (Phi) is 3.25. The van der Waals surface area contributed by atoms with Crippen LogP contribution in [0.25, 0.3) is 22.0 Å². The molecule has 3 aromatic heterocycles. The van der Waals surface area contributed by atoms with Crippen LogP contribution in [-0.2, 0) is 11.8 Å². The summed E-state index contributed by atoms with van der Waals surface area (Å²) >= 11 is 0. The number of piperidine rings is 1. The largest absolute Gasteiger partial charge is 0.356 e. The van der Waals surface area contributed by atoms with Gasteiger partial charge in [-0.2, -0.15) is 5.10 Å². The van der Waals surface area contributed by atoms with Crippen molar-refractivity contribution in [3.8, 4) is 11.1 Å². The lowest BCUT2D eigenvalue weighted by Gasteiger charge is -2.22. The third-order valence-corrected chi connectivity index (χ3v) is 5.28. The van der Waals surface area contributed by atoms with Gasteiger partial charge in [0.1, 0.15) is 11.6 Å². The molecule has 5 rings (SSSR count). The number of aryl methyl sites for hydroxylation is 1. The van der Waals surface area contributed by atoms with Gasteiger partial charge in [0.05, 0.1) is 17.9 Å². The van der Waals surface area contributed by atoms with Crippen molar-refractivity contribution in [2.75, 3.05) is 23.3 Å². The van der Waals surface area contributed by atoms with E-state index in [1.165, 1.54) is 13.3 Å². The Labute approximate surface area is 151 Å². The smallest absolute Gasteiger partial charge is 0.222 e. The van der Waals surface area contributed by atoms with E-state index in [1.807, 2.05) is 25.5 Å². The first-order valence-electron chi connectivity index (χ1n) is 8.89. The zero-order valence-electron chi connectivity index (χ0n) is 14.8. The molecule has 0 spiro atoms. The van der Waals surface area contributed by atoms with Crippen LogP contribution in [0.4, 0.5) is 11.6 Å². The van der Waals surface area contributed by atoms with Gasteiger partial charge in [-0.1, -0.05) is 0 Å². The SMILES string of the molecule is CC(=O)Nc1cc2cc(-c3cnn(C)c3)c(N3CC4CC4C3)nc2cn1. The van der Waals surface area contributed by atoms with Crippen LogP contribution in [0.15, 0.2) is 30.7 Å². The predicted octanol–water partition coefficient (Wildman–Crippen LogP) is 2.44. The van der Waals surface area contributed by atoms with Gasteiger partial charge in [0.25, 0.3) is 0 Å². The zero-order chi connectivity index (χ0) is 17.8. The van der Waals surface area contributed by atoms with E-state index in [9.17, 15) is 4.79 Å². The Hall–Kier alpha value is -2.96. The van der Waals surface area contributed by atoms with Crippen LogP contribution in [-0.4, -0.2) is 38.7 Å². The Morgan fingerprint density at radius 2 is 2.04 bits per heavy atom. The number of hydrogen-bond donors (Lipinski definition) is 1. The van der Waals surface area contributed by atoms with Crippen LogP contribution in [0.2, 0.25) is 0 Å². The van der Waals surface area contributed by atoms with E-state index in [0.29, 0.717) is 5.82 Å². The average Bonchev–Trinajstić information content (AvgIpc) is 3.01. The van der Waals surface area contributed by atoms with E-state index in [0.717, 1.165) is 52.8 Å². The van der Waals surface area contributed by atoms with Crippen molar-refractivity contribution in [2.45, 2.75) is 13.3 Å². The van der Waals surface area contributed by atoms with Crippen LogP contribution in [0.1, 0.15) is 13.3 Å². The minimum absolute atomic E-state index is 0.134. The second kappa shape index (κ2) is 5.52. The van der Waals surface area contributed by atoms with Gasteiger partial charge in [0.2, 0.25) is 5.91 Å². The molecule has 0 radical (unpaired) electrons. The molecule has 3 aromatic rings. The number of carbonyl (C=O) groups excluding carboxylic acids is 1. The number of nitrogens with zero attached hydrogens (tertiary/aromatic N) is 5. The highest BCUT2D eigenvalue weighted by Crippen LogP contribution is 2.47. The summed E-state index contributed by atoms with van der Waals surface area (Å²) in [5, 5.41) is 8.01. The van der Waals surface area contributed by atoms with Crippen LogP contribution in [0.5, 0.6) is 0 Å². The minimum Gasteiger partial charge on any atom is -0.356 e. The molecule has 1 aliphatic heterocycles. The lowest BCUT2D eigenvalue weighted by atomic mass is 10.1. The Morgan fingerprint density at radius 1 is 1.23 bits per heavy atom. The quantitative estimate of drug-likeness (QED) is 0.787. The summed E-state index contributed by atoms with van der Waals surface area (Å²) in [6.07, 6.45) is 6.97. The maximum absolute atomic E-state index is 11.3. The van der Waals surface area contributed by atoms with Crippen molar-refractivity contribution < 1.29 is 4.79 Å². The number of rotatable bonds is 3. The van der Waals surface area contributed by atoms with Gasteiger partial charge in [-0.3, -0.25) is 9.48 Å². The van der Waals surface area contributed by atoms with Crippen molar-refractivity contribution >= 4 is 28.4 Å². The minimum atomic E-state index is -0.134. The summed E-state index contributed by atoms with van der Waals surface area (Å²) in [5.41, 5.74) is 2.96. The van der Waals surface area contributed by atoms with Crippen LogP contribution >= 0.6 is 0 Å². The Balaban J connectivity index is 1.64. The highest BCUT2D eigenvalue weighted by atomic mass is 16.1. The Bertz CT molecular complexity index is 1020. The summed E-state index contributed by atoms with van der Waals surface area (Å²) in [6.45, 7) is 3.63. The molecular formula is C19H20N6O. The third kappa shape index (κ3) is 2.60. The summed E-state index contributed by atoms with van der Waals surface area (Å²) in [6, 6.07) is 4.00. The summed E-state index contributed by atoms with van der Waals surface area (Å²) < 4.78 is 1.81. The number of amides is 1. The monoisotopic (exact) mass is 348 g/mol. The lowest BCUT2D eigenvalue weighted by molar-refractivity contribution is -0.114. The van der Waals surface area contributed by atoms with Gasteiger partial charge in [-0.05, 0) is 30.4 Å². The van der Waals surface area contributed by atoms with Crippen molar-refractivity contribution in [3.05, 3.63) is 30.7 Å². The van der Waals surface area contributed by atoms with E-state index in [4.69, 9.17) is 4.98 Å². The van der Waals surface area contributed by atoms with Crippen molar-refractivity contribution in [2.24, 2.45) is 18.9 Å².